The Balaban J connectivity index is 2.26. The van der Waals surface area contributed by atoms with Crippen molar-refractivity contribution >= 4 is 28.9 Å². The van der Waals surface area contributed by atoms with Crippen molar-refractivity contribution in [1.29, 1.82) is 0 Å². The summed E-state index contributed by atoms with van der Waals surface area (Å²) in [5, 5.41) is 11.3. The zero-order valence-electron chi connectivity index (χ0n) is 10.9. The van der Waals surface area contributed by atoms with Crippen LogP contribution in [0, 0.1) is 6.92 Å². The zero-order valence-corrected chi connectivity index (χ0v) is 11.8. The highest BCUT2D eigenvalue weighted by molar-refractivity contribution is 7.09. The summed E-state index contributed by atoms with van der Waals surface area (Å²) in [5.41, 5.74) is 1.02. The van der Waals surface area contributed by atoms with E-state index in [4.69, 9.17) is 5.11 Å². The average molecular weight is 290 g/mol. The van der Waals surface area contributed by atoms with E-state index in [-0.39, 0.29) is 18.9 Å². The molecule has 0 aliphatic heterocycles. The SMILES string of the molecule is Cc1nc(C(=O)N(CCC(=O)O)c2ccccc2)cs1. The van der Waals surface area contributed by atoms with Gasteiger partial charge in [-0.2, -0.15) is 0 Å². The van der Waals surface area contributed by atoms with Crippen molar-refractivity contribution in [2.45, 2.75) is 13.3 Å². The third kappa shape index (κ3) is 3.42. The molecule has 1 aromatic carbocycles. The number of aromatic nitrogens is 1. The molecular formula is C14H14N2O3S. The lowest BCUT2D eigenvalue weighted by molar-refractivity contribution is -0.136. The highest BCUT2D eigenvalue weighted by atomic mass is 32.1. The molecule has 1 amide bonds. The van der Waals surface area contributed by atoms with Gasteiger partial charge in [0.25, 0.3) is 5.91 Å². The number of carbonyl (C=O) groups is 2. The van der Waals surface area contributed by atoms with E-state index >= 15 is 0 Å². The maximum atomic E-state index is 12.4. The molecule has 0 saturated heterocycles. The predicted molar refractivity (Wildman–Crippen MR) is 77.2 cm³/mol. The number of hydrogen-bond acceptors (Lipinski definition) is 4. The van der Waals surface area contributed by atoms with Crippen molar-refractivity contribution in [3.8, 4) is 0 Å². The second-order valence-corrected chi connectivity index (χ2v) is 5.25. The quantitative estimate of drug-likeness (QED) is 0.918. The van der Waals surface area contributed by atoms with Crippen molar-refractivity contribution in [3.63, 3.8) is 0 Å². The molecule has 5 nitrogen and oxygen atoms in total. The van der Waals surface area contributed by atoms with Gasteiger partial charge in [-0.05, 0) is 19.1 Å². The normalized spacial score (nSPS) is 10.2. The van der Waals surface area contributed by atoms with Crippen molar-refractivity contribution in [2.75, 3.05) is 11.4 Å². The number of nitrogens with zero attached hydrogens (tertiary/aromatic N) is 2. The van der Waals surface area contributed by atoms with Crippen LogP contribution in [-0.2, 0) is 4.79 Å². The molecule has 1 heterocycles. The minimum atomic E-state index is -0.937. The number of carboxylic acid groups (broad SMARTS) is 1. The molecule has 0 radical (unpaired) electrons. The molecule has 0 aliphatic rings. The average Bonchev–Trinajstić information content (AvgIpc) is 2.86. The number of carboxylic acids is 1. The number of benzene rings is 1. The number of rotatable bonds is 5. The molecule has 0 spiro atoms. The van der Waals surface area contributed by atoms with Crippen LogP contribution in [0.15, 0.2) is 35.7 Å². The first-order valence-electron chi connectivity index (χ1n) is 6.09. The summed E-state index contributed by atoms with van der Waals surface area (Å²) in [6.07, 6.45) is -0.107. The first-order valence-corrected chi connectivity index (χ1v) is 6.96. The van der Waals surface area contributed by atoms with E-state index in [1.165, 1.54) is 16.2 Å². The third-order valence-corrected chi connectivity index (χ3v) is 3.47. The Hall–Kier alpha value is -2.21. The van der Waals surface area contributed by atoms with Crippen LogP contribution in [0.1, 0.15) is 21.9 Å². The fourth-order valence-electron chi connectivity index (χ4n) is 1.76. The van der Waals surface area contributed by atoms with E-state index in [0.717, 1.165) is 5.01 Å². The Morgan fingerprint density at radius 3 is 2.55 bits per heavy atom. The molecule has 0 aliphatic carbocycles. The van der Waals surface area contributed by atoms with Gasteiger partial charge in [0.05, 0.1) is 11.4 Å². The van der Waals surface area contributed by atoms with Gasteiger partial charge in [0.2, 0.25) is 0 Å². The number of amides is 1. The summed E-state index contributed by atoms with van der Waals surface area (Å²) in [6, 6.07) is 9.01. The van der Waals surface area contributed by atoms with Crippen LogP contribution in [0.4, 0.5) is 5.69 Å². The van der Waals surface area contributed by atoms with Gasteiger partial charge in [0.15, 0.2) is 0 Å². The minimum Gasteiger partial charge on any atom is -0.481 e. The summed E-state index contributed by atoms with van der Waals surface area (Å²) in [5.74, 6) is -1.21. The summed E-state index contributed by atoms with van der Waals surface area (Å²) >= 11 is 1.39. The number of carbonyl (C=O) groups excluding carboxylic acids is 1. The van der Waals surface area contributed by atoms with E-state index < -0.39 is 5.97 Å². The number of aryl methyl sites for hydroxylation is 1. The zero-order chi connectivity index (χ0) is 14.5. The molecule has 1 aromatic heterocycles. The number of aliphatic carboxylic acids is 1. The molecule has 0 saturated carbocycles. The lowest BCUT2D eigenvalue weighted by Gasteiger charge is -2.21. The Bertz CT molecular complexity index is 610. The number of para-hydroxylation sites is 1. The monoisotopic (exact) mass is 290 g/mol. The Kier molecular flexibility index (Phi) is 4.47. The number of hydrogen-bond donors (Lipinski definition) is 1. The van der Waals surface area contributed by atoms with Crippen LogP contribution < -0.4 is 4.90 Å². The van der Waals surface area contributed by atoms with Crippen LogP contribution in [0.2, 0.25) is 0 Å². The summed E-state index contributed by atoms with van der Waals surface area (Å²) in [7, 11) is 0. The third-order valence-electron chi connectivity index (χ3n) is 2.70. The molecule has 1 N–H and O–H groups in total. The van der Waals surface area contributed by atoms with Gasteiger partial charge < -0.3 is 10.0 Å². The molecule has 0 unspecified atom stereocenters. The molecule has 6 heteroatoms. The molecule has 0 fully saturated rings. The van der Waals surface area contributed by atoms with Crippen LogP contribution in [0.25, 0.3) is 0 Å². The highest BCUT2D eigenvalue weighted by Gasteiger charge is 2.20. The smallest absolute Gasteiger partial charge is 0.305 e. The van der Waals surface area contributed by atoms with Gasteiger partial charge in [-0.15, -0.1) is 11.3 Å². The second kappa shape index (κ2) is 6.29. The van der Waals surface area contributed by atoms with Gasteiger partial charge in [-0.25, -0.2) is 4.98 Å². The first kappa shape index (κ1) is 14.2. The molecule has 0 bridgehead atoms. The lowest BCUT2D eigenvalue weighted by atomic mass is 10.2. The molecular weight excluding hydrogens is 276 g/mol. The molecule has 2 aromatic rings. The van der Waals surface area contributed by atoms with E-state index in [2.05, 4.69) is 4.98 Å². The fourth-order valence-corrected chi connectivity index (χ4v) is 2.35. The van der Waals surface area contributed by atoms with Crippen molar-refractivity contribution < 1.29 is 14.7 Å². The molecule has 104 valence electrons. The Morgan fingerprint density at radius 1 is 1.30 bits per heavy atom. The second-order valence-electron chi connectivity index (χ2n) is 4.19. The highest BCUT2D eigenvalue weighted by Crippen LogP contribution is 2.18. The van der Waals surface area contributed by atoms with Crippen LogP contribution in [-0.4, -0.2) is 28.5 Å². The maximum Gasteiger partial charge on any atom is 0.305 e. The van der Waals surface area contributed by atoms with E-state index in [0.29, 0.717) is 11.4 Å². The Labute approximate surface area is 120 Å². The largest absolute Gasteiger partial charge is 0.481 e. The lowest BCUT2D eigenvalue weighted by Crippen LogP contribution is -2.33. The molecule has 2 rings (SSSR count). The maximum absolute atomic E-state index is 12.4. The van der Waals surface area contributed by atoms with Crippen molar-refractivity contribution in [3.05, 3.63) is 46.4 Å². The van der Waals surface area contributed by atoms with Gasteiger partial charge in [-0.1, -0.05) is 18.2 Å². The topological polar surface area (TPSA) is 70.5 Å². The van der Waals surface area contributed by atoms with Crippen molar-refractivity contribution in [2.24, 2.45) is 0 Å². The van der Waals surface area contributed by atoms with Gasteiger partial charge >= 0.3 is 5.97 Å². The van der Waals surface area contributed by atoms with Gasteiger partial charge in [0, 0.05) is 17.6 Å². The van der Waals surface area contributed by atoms with Gasteiger partial charge in [0.1, 0.15) is 5.69 Å². The van der Waals surface area contributed by atoms with E-state index in [1.54, 1.807) is 17.5 Å². The van der Waals surface area contributed by atoms with E-state index in [1.807, 2.05) is 25.1 Å². The summed E-state index contributed by atoms with van der Waals surface area (Å²) in [4.78, 5) is 28.8. The first-order chi connectivity index (χ1) is 9.58. The summed E-state index contributed by atoms with van der Waals surface area (Å²) < 4.78 is 0. The van der Waals surface area contributed by atoms with Gasteiger partial charge in [-0.3, -0.25) is 9.59 Å². The van der Waals surface area contributed by atoms with Crippen LogP contribution >= 0.6 is 11.3 Å². The summed E-state index contributed by atoms with van der Waals surface area (Å²) in [6.45, 7) is 1.94. The fraction of sp³-hybridized carbons (Fsp3) is 0.214. The molecule has 20 heavy (non-hydrogen) atoms. The number of thiazole rings is 1. The van der Waals surface area contributed by atoms with Crippen molar-refractivity contribution in [1.82, 2.24) is 4.98 Å². The van der Waals surface area contributed by atoms with Crippen LogP contribution in [0.3, 0.4) is 0 Å². The number of anilines is 1. The Morgan fingerprint density at radius 2 is 2.00 bits per heavy atom. The minimum absolute atomic E-state index is 0.107. The van der Waals surface area contributed by atoms with E-state index in [9.17, 15) is 9.59 Å². The standard InChI is InChI=1S/C14H14N2O3S/c1-10-15-12(9-20-10)14(19)16(8-7-13(17)18)11-5-3-2-4-6-11/h2-6,9H,7-8H2,1H3,(H,17,18). The molecule has 0 atom stereocenters. The van der Waals surface area contributed by atoms with Crippen LogP contribution in [0.5, 0.6) is 0 Å². The predicted octanol–water partition coefficient (Wildman–Crippen LogP) is 2.57.